The van der Waals surface area contributed by atoms with Crippen molar-refractivity contribution in [2.24, 2.45) is 0 Å². The molecule has 0 N–H and O–H groups in total. The maximum atomic E-state index is 12.7. The Bertz CT molecular complexity index is 429. The zero-order valence-corrected chi connectivity index (χ0v) is 11.9. The van der Waals surface area contributed by atoms with Crippen molar-refractivity contribution in [2.45, 2.75) is 13.1 Å². The monoisotopic (exact) mass is 406 g/mol. The van der Waals surface area contributed by atoms with Crippen LogP contribution in [0.5, 0.6) is 0 Å². The number of rotatable bonds is 2. The number of carbonyl (C=O) groups excluding carboxylic acids is 1. The van der Waals surface area contributed by atoms with E-state index in [-0.39, 0.29) is 10.9 Å². The van der Waals surface area contributed by atoms with E-state index in [4.69, 9.17) is 0 Å². The van der Waals surface area contributed by atoms with Crippen molar-refractivity contribution in [1.29, 1.82) is 0 Å². The van der Waals surface area contributed by atoms with Crippen molar-refractivity contribution < 1.29 is 18.0 Å². The van der Waals surface area contributed by atoms with Gasteiger partial charge in [-0.1, -0.05) is 22.0 Å². The molecule has 0 fully saturated rings. The summed E-state index contributed by atoms with van der Waals surface area (Å²) in [5.41, 5.74) is -0.449. The van der Waals surface area contributed by atoms with Crippen LogP contribution in [-0.2, 0) is 6.18 Å². The molecule has 0 atom stereocenters. The first-order valence-electron chi connectivity index (χ1n) is 4.24. The summed E-state index contributed by atoms with van der Waals surface area (Å²) in [6.45, 7) is 1.67. The van der Waals surface area contributed by atoms with Gasteiger partial charge in [0.25, 0.3) is 0 Å². The Morgan fingerprint density at radius 1 is 1.44 bits per heavy atom. The summed E-state index contributed by atoms with van der Waals surface area (Å²) in [7, 11) is 0. The lowest BCUT2D eigenvalue weighted by Crippen LogP contribution is -2.16. The molecule has 0 saturated carbocycles. The van der Waals surface area contributed by atoms with Crippen molar-refractivity contribution >= 4 is 44.3 Å². The molecule has 0 spiro atoms. The van der Waals surface area contributed by atoms with E-state index in [2.05, 4.69) is 15.9 Å². The molecule has 0 aliphatic carbocycles. The third kappa shape index (κ3) is 2.77. The van der Waals surface area contributed by atoms with Crippen molar-refractivity contribution in [2.75, 3.05) is 5.33 Å². The molecule has 0 aliphatic heterocycles. The fourth-order valence-electron chi connectivity index (χ4n) is 1.26. The second-order valence-corrected chi connectivity index (χ2v) is 4.81. The minimum absolute atomic E-state index is 0.116. The first-order chi connectivity index (χ1) is 7.29. The highest BCUT2D eigenvalue weighted by atomic mass is 127. The second kappa shape index (κ2) is 5.03. The number of ketones is 1. The number of aryl methyl sites for hydroxylation is 1. The van der Waals surface area contributed by atoms with Crippen LogP contribution in [0.3, 0.4) is 0 Å². The lowest BCUT2D eigenvalue weighted by atomic mass is 10.0. The summed E-state index contributed by atoms with van der Waals surface area (Å²) < 4.78 is 38.4. The molecule has 0 heterocycles. The average molecular weight is 407 g/mol. The van der Waals surface area contributed by atoms with E-state index < -0.39 is 17.5 Å². The van der Waals surface area contributed by atoms with Crippen LogP contribution in [0.4, 0.5) is 13.2 Å². The quantitative estimate of drug-likeness (QED) is 0.408. The predicted octanol–water partition coefficient (Wildman–Crippen LogP) is 4.20. The van der Waals surface area contributed by atoms with Crippen molar-refractivity contribution in [3.05, 3.63) is 32.4 Å². The standard InChI is InChI=1S/C10H7BrF3IO/c1-5-2-3-6(10(12,13)14)8(9(5)15)7(16)4-11/h2-3H,4H2,1H3. The fourth-order valence-corrected chi connectivity index (χ4v) is 2.31. The molecule has 0 aliphatic rings. The van der Waals surface area contributed by atoms with Gasteiger partial charge in [-0.05, 0) is 41.1 Å². The fraction of sp³-hybridized carbons (Fsp3) is 0.300. The summed E-state index contributed by atoms with van der Waals surface area (Å²) in [6, 6.07) is 2.32. The first-order valence-corrected chi connectivity index (χ1v) is 6.44. The van der Waals surface area contributed by atoms with Gasteiger partial charge in [0.15, 0.2) is 5.78 Å². The summed E-state index contributed by atoms with van der Waals surface area (Å²) in [6.07, 6.45) is -4.50. The smallest absolute Gasteiger partial charge is 0.293 e. The molecule has 1 nitrogen and oxygen atoms in total. The highest BCUT2D eigenvalue weighted by Crippen LogP contribution is 2.35. The Labute approximate surface area is 113 Å². The maximum Gasteiger partial charge on any atom is 0.417 e. The molecule has 0 saturated heterocycles. The van der Waals surface area contributed by atoms with E-state index in [1.54, 1.807) is 29.5 Å². The summed E-state index contributed by atoms with van der Waals surface area (Å²) in [5.74, 6) is -0.555. The Hall–Kier alpha value is -0.110. The number of Topliss-reactive ketones (excluding diaryl/α,β-unsaturated/α-hetero) is 1. The second-order valence-electron chi connectivity index (χ2n) is 3.17. The van der Waals surface area contributed by atoms with Gasteiger partial charge in [-0.3, -0.25) is 4.79 Å². The van der Waals surface area contributed by atoms with Crippen molar-refractivity contribution in [1.82, 2.24) is 0 Å². The summed E-state index contributed by atoms with van der Waals surface area (Å²) >= 11 is 4.66. The normalized spacial score (nSPS) is 11.6. The average Bonchev–Trinajstić information content (AvgIpc) is 2.19. The molecule has 0 unspecified atom stereocenters. The van der Waals surface area contributed by atoms with Crippen molar-refractivity contribution in [3.8, 4) is 0 Å². The maximum absolute atomic E-state index is 12.7. The van der Waals surface area contributed by atoms with Crippen LogP contribution in [0.1, 0.15) is 21.5 Å². The zero-order valence-electron chi connectivity index (χ0n) is 8.16. The van der Waals surface area contributed by atoms with E-state index >= 15 is 0 Å². The summed E-state index contributed by atoms with van der Waals surface area (Å²) in [4.78, 5) is 11.5. The number of hydrogen-bond acceptors (Lipinski definition) is 1. The molecule has 1 rings (SSSR count). The van der Waals surface area contributed by atoms with E-state index in [9.17, 15) is 18.0 Å². The van der Waals surface area contributed by atoms with E-state index in [1.165, 1.54) is 6.07 Å². The highest BCUT2D eigenvalue weighted by Gasteiger charge is 2.36. The van der Waals surface area contributed by atoms with Crippen molar-refractivity contribution in [3.63, 3.8) is 0 Å². The molecular weight excluding hydrogens is 400 g/mol. The minimum Gasteiger partial charge on any atom is -0.293 e. The molecule has 0 bridgehead atoms. The number of carbonyl (C=O) groups is 1. The largest absolute Gasteiger partial charge is 0.417 e. The Morgan fingerprint density at radius 2 is 2.00 bits per heavy atom. The van der Waals surface area contributed by atoms with E-state index in [0.717, 1.165) is 6.07 Å². The highest BCUT2D eigenvalue weighted by molar-refractivity contribution is 14.1. The van der Waals surface area contributed by atoms with Crippen LogP contribution in [0.2, 0.25) is 0 Å². The van der Waals surface area contributed by atoms with Gasteiger partial charge in [-0.15, -0.1) is 0 Å². The van der Waals surface area contributed by atoms with Gasteiger partial charge in [-0.25, -0.2) is 0 Å². The molecule has 6 heteroatoms. The summed E-state index contributed by atoms with van der Waals surface area (Å²) in [5, 5.41) is -0.116. The molecule has 0 radical (unpaired) electrons. The van der Waals surface area contributed by atoms with Gasteiger partial charge in [-0.2, -0.15) is 13.2 Å². The number of alkyl halides is 4. The Balaban J connectivity index is 3.51. The van der Waals surface area contributed by atoms with Crippen LogP contribution < -0.4 is 0 Å². The topological polar surface area (TPSA) is 17.1 Å². The predicted molar refractivity (Wildman–Crippen MR) is 67.0 cm³/mol. The Morgan fingerprint density at radius 3 is 2.44 bits per heavy atom. The third-order valence-electron chi connectivity index (χ3n) is 2.04. The van der Waals surface area contributed by atoms with E-state index in [0.29, 0.717) is 9.13 Å². The third-order valence-corrected chi connectivity index (χ3v) is 3.94. The first kappa shape index (κ1) is 14.0. The van der Waals surface area contributed by atoms with Crippen LogP contribution >= 0.6 is 38.5 Å². The SMILES string of the molecule is Cc1ccc(C(F)(F)F)c(C(=O)CBr)c1I. The molecule has 1 aromatic rings. The lowest BCUT2D eigenvalue weighted by Gasteiger charge is -2.14. The van der Waals surface area contributed by atoms with Gasteiger partial charge in [0.2, 0.25) is 0 Å². The van der Waals surface area contributed by atoms with Crippen LogP contribution in [0, 0.1) is 10.5 Å². The Kier molecular flexibility index (Phi) is 4.39. The molecular formula is C10H7BrF3IO. The number of benzene rings is 1. The number of halogens is 5. The van der Waals surface area contributed by atoms with Crippen LogP contribution in [0.25, 0.3) is 0 Å². The minimum atomic E-state index is -4.50. The van der Waals surface area contributed by atoms with Gasteiger partial charge in [0.05, 0.1) is 10.9 Å². The molecule has 16 heavy (non-hydrogen) atoms. The number of hydrogen-bond donors (Lipinski definition) is 0. The molecule has 0 amide bonds. The van der Waals surface area contributed by atoms with Crippen LogP contribution in [0.15, 0.2) is 12.1 Å². The molecule has 0 aromatic heterocycles. The zero-order chi connectivity index (χ0) is 12.5. The van der Waals surface area contributed by atoms with Gasteiger partial charge in [0, 0.05) is 9.13 Å². The van der Waals surface area contributed by atoms with Gasteiger partial charge >= 0.3 is 6.18 Å². The lowest BCUT2D eigenvalue weighted by molar-refractivity contribution is -0.137. The molecule has 88 valence electrons. The van der Waals surface area contributed by atoms with Gasteiger partial charge in [0.1, 0.15) is 0 Å². The van der Waals surface area contributed by atoms with Crippen LogP contribution in [-0.4, -0.2) is 11.1 Å². The van der Waals surface area contributed by atoms with Gasteiger partial charge < -0.3 is 0 Å². The van der Waals surface area contributed by atoms with E-state index in [1.807, 2.05) is 0 Å². The molecule has 1 aromatic carbocycles.